The lowest BCUT2D eigenvalue weighted by atomic mass is 10.1. The monoisotopic (exact) mass is 330 g/mol. The molecule has 1 unspecified atom stereocenters. The first-order valence-corrected chi connectivity index (χ1v) is 7.58. The van der Waals surface area contributed by atoms with Crippen LogP contribution >= 0.6 is 11.8 Å². The van der Waals surface area contributed by atoms with Crippen molar-refractivity contribution in [2.75, 3.05) is 18.6 Å². The van der Waals surface area contributed by atoms with Crippen molar-refractivity contribution in [2.24, 2.45) is 5.73 Å². The minimum absolute atomic E-state index is 0.0279. The number of nitrogens with one attached hydrogen (secondary N) is 1. The molecule has 1 fully saturated rings. The molecule has 11 heteroatoms. The molecule has 4 atom stereocenters. The third kappa shape index (κ3) is 3.63. The van der Waals surface area contributed by atoms with Gasteiger partial charge in [-0.1, -0.05) is 0 Å². The standard InChI is InChI=1S/C6H7N5S.C5H11NO4/c1-12-5-3-4(9-2-8-3)10-6(7)11-5;6-5(9)4-3(8)2(7)1-10-4/h2H,1H3,(H3,7,8,9,10,11);2-5,7-9H,1,6H2/t;2-,3-,4-,5?/m.0/s1. The van der Waals surface area contributed by atoms with E-state index in [-0.39, 0.29) is 12.6 Å². The Bertz CT molecular complexity index is 624. The molecule has 0 aromatic carbocycles. The Kier molecular flexibility index (Phi) is 5.50. The highest BCUT2D eigenvalue weighted by molar-refractivity contribution is 7.98. The predicted octanol–water partition coefficient (Wildman–Crippen LogP) is -1.96. The molecule has 0 saturated carbocycles. The number of rotatable bonds is 2. The SMILES string of the molecule is CSc1nc(N)nc2nc[nH]c12.NC(O)[C@H]1OC[C@H](O)[C@@H]1O. The van der Waals surface area contributed by atoms with Crippen LogP contribution in [0.1, 0.15) is 0 Å². The number of aliphatic hydroxyl groups excluding tert-OH is 3. The molecule has 2 aromatic rings. The summed E-state index contributed by atoms with van der Waals surface area (Å²) in [6, 6.07) is 0. The zero-order chi connectivity index (χ0) is 16.3. The number of hydrogen-bond acceptors (Lipinski definition) is 10. The van der Waals surface area contributed by atoms with E-state index in [0.717, 1.165) is 10.5 Å². The van der Waals surface area contributed by atoms with Gasteiger partial charge in [0.2, 0.25) is 5.95 Å². The van der Waals surface area contributed by atoms with Crippen LogP contribution in [-0.2, 0) is 4.74 Å². The zero-order valence-corrected chi connectivity index (χ0v) is 12.6. The first-order valence-electron chi connectivity index (χ1n) is 6.36. The smallest absolute Gasteiger partial charge is 0.223 e. The molecule has 10 nitrogen and oxygen atoms in total. The number of aromatic amines is 1. The number of aliphatic hydroxyl groups is 3. The summed E-state index contributed by atoms with van der Waals surface area (Å²) in [5, 5.41) is 27.4. The molecule has 0 bridgehead atoms. The van der Waals surface area contributed by atoms with E-state index < -0.39 is 24.5 Å². The Morgan fingerprint density at radius 1 is 1.45 bits per heavy atom. The lowest BCUT2D eigenvalue weighted by Gasteiger charge is -2.16. The molecule has 22 heavy (non-hydrogen) atoms. The summed E-state index contributed by atoms with van der Waals surface area (Å²) in [5.74, 6) is 0.263. The summed E-state index contributed by atoms with van der Waals surface area (Å²) in [7, 11) is 0. The first-order chi connectivity index (χ1) is 10.4. The number of imidazole rings is 1. The van der Waals surface area contributed by atoms with E-state index in [2.05, 4.69) is 19.9 Å². The average Bonchev–Trinajstić information content (AvgIpc) is 3.06. The van der Waals surface area contributed by atoms with Crippen LogP contribution in [0.2, 0.25) is 0 Å². The van der Waals surface area contributed by atoms with Crippen molar-refractivity contribution >= 4 is 28.9 Å². The third-order valence-corrected chi connectivity index (χ3v) is 3.67. The summed E-state index contributed by atoms with van der Waals surface area (Å²) >= 11 is 1.51. The summed E-state index contributed by atoms with van der Waals surface area (Å²) in [5.41, 5.74) is 11.9. The van der Waals surface area contributed by atoms with Gasteiger partial charge < -0.3 is 36.5 Å². The number of thioether (sulfide) groups is 1. The Hall–Kier alpha value is -1.50. The molecule has 1 saturated heterocycles. The fourth-order valence-corrected chi connectivity index (χ4v) is 2.44. The van der Waals surface area contributed by atoms with Crippen LogP contribution in [0.25, 0.3) is 11.2 Å². The Labute approximate surface area is 129 Å². The van der Waals surface area contributed by atoms with Crippen molar-refractivity contribution < 1.29 is 20.1 Å². The second kappa shape index (κ2) is 7.17. The molecule has 0 amide bonds. The fourth-order valence-electron chi connectivity index (χ4n) is 1.90. The number of anilines is 1. The van der Waals surface area contributed by atoms with Gasteiger partial charge in [-0.2, -0.15) is 4.98 Å². The van der Waals surface area contributed by atoms with Crippen LogP contribution in [0, 0.1) is 0 Å². The van der Waals surface area contributed by atoms with E-state index in [1.807, 2.05) is 6.26 Å². The van der Waals surface area contributed by atoms with Gasteiger partial charge in [0.15, 0.2) is 5.65 Å². The number of hydrogen-bond donors (Lipinski definition) is 6. The largest absolute Gasteiger partial charge is 0.388 e. The molecule has 8 N–H and O–H groups in total. The lowest BCUT2D eigenvalue weighted by molar-refractivity contribution is -0.0477. The Balaban J connectivity index is 0.000000164. The van der Waals surface area contributed by atoms with Crippen LogP contribution in [0.4, 0.5) is 5.95 Å². The normalized spacial score (nSPS) is 25.8. The highest BCUT2D eigenvalue weighted by Gasteiger charge is 2.37. The topological polar surface area (TPSA) is 176 Å². The molecular formula is C11H18N6O4S. The zero-order valence-electron chi connectivity index (χ0n) is 11.7. The predicted molar refractivity (Wildman–Crippen MR) is 79.8 cm³/mol. The summed E-state index contributed by atoms with van der Waals surface area (Å²) < 4.78 is 4.76. The van der Waals surface area contributed by atoms with Gasteiger partial charge in [-0.3, -0.25) is 0 Å². The summed E-state index contributed by atoms with van der Waals surface area (Å²) in [6.07, 6.45) is -0.564. The van der Waals surface area contributed by atoms with Crippen molar-refractivity contribution in [3.05, 3.63) is 6.33 Å². The molecule has 0 aliphatic carbocycles. The molecule has 1 aliphatic heterocycles. The van der Waals surface area contributed by atoms with Crippen molar-refractivity contribution in [1.82, 2.24) is 19.9 Å². The summed E-state index contributed by atoms with van der Waals surface area (Å²) in [6.45, 7) is 0.0279. The highest BCUT2D eigenvalue weighted by atomic mass is 32.2. The fraction of sp³-hybridized carbons (Fsp3) is 0.545. The van der Waals surface area contributed by atoms with Crippen LogP contribution in [0.15, 0.2) is 11.4 Å². The second-order valence-electron chi connectivity index (χ2n) is 4.54. The van der Waals surface area contributed by atoms with Gasteiger partial charge in [-0.05, 0) is 6.26 Å². The quantitative estimate of drug-likeness (QED) is 0.206. The van der Waals surface area contributed by atoms with E-state index in [1.54, 1.807) is 6.33 Å². The van der Waals surface area contributed by atoms with E-state index in [9.17, 15) is 0 Å². The van der Waals surface area contributed by atoms with Gasteiger partial charge in [-0.15, -0.1) is 11.8 Å². The van der Waals surface area contributed by atoms with E-state index in [1.165, 1.54) is 11.8 Å². The minimum Gasteiger partial charge on any atom is -0.388 e. The summed E-state index contributed by atoms with van der Waals surface area (Å²) in [4.78, 5) is 14.9. The molecular weight excluding hydrogens is 312 g/mol. The van der Waals surface area contributed by atoms with E-state index >= 15 is 0 Å². The van der Waals surface area contributed by atoms with Crippen molar-refractivity contribution in [2.45, 2.75) is 29.6 Å². The molecule has 0 radical (unpaired) electrons. The molecule has 2 aromatic heterocycles. The van der Waals surface area contributed by atoms with Gasteiger partial charge in [-0.25, -0.2) is 9.97 Å². The van der Waals surface area contributed by atoms with Crippen molar-refractivity contribution in [3.8, 4) is 0 Å². The molecule has 122 valence electrons. The van der Waals surface area contributed by atoms with Crippen molar-refractivity contribution in [3.63, 3.8) is 0 Å². The average molecular weight is 330 g/mol. The maximum Gasteiger partial charge on any atom is 0.223 e. The van der Waals surface area contributed by atoms with E-state index in [4.69, 9.17) is 31.5 Å². The van der Waals surface area contributed by atoms with Crippen LogP contribution in [0.3, 0.4) is 0 Å². The maximum atomic E-state index is 9.01. The first kappa shape index (κ1) is 16.9. The number of fused-ring (bicyclic) bond motifs is 1. The number of aromatic nitrogens is 4. The lowest BCUT2D eigenvalue weighted by Crippen LogP contribution is -2.43. The van der Waals surface area contributed by atoms with Gasteiger partial charge in [0.1, 0.15) is 35.1 Å². The van der Waals surface area contributed by atoms with Crippen LogP contribution in [0.5, 0.6) is 0 Å². The number of nitrogens with zero attached hydrogens (tertiary/aromatic N) is 3. The Morgan fingerprint density at radius 3 is 2.68 bits per heavy atom. The minimum atomic E-state index is -1.23. The van der Waals surface area contributed by atoms with Gasteiger partial charge in [0.25, 0.3) is 0 Å². The second-order valence-corrected chi connectivity index (χ2v) is 5.33. The number of nitrogens with two attached hydrogens (primary N) is 2. The van der Waals surface area contributed by atoms with Crippen molar-refractivity contribution in [1.29, 1.82) is 0 Å². The van der Waals surface area contributed by atoms with Gasteiger partial charge >= 0.3 is 0 Å². The molecule has 1 aliphatic rings. The molecule has 3 rings (SSSR count). The van der Waals surface area contributed by atoms with Crippen LogP contribution in [-0.4, -0.2) is 72.7 Å². The van der Waals surface area contributed by atoms with Gasteiger partial charge in [0.05, 0.1) is 12.9 Å². The number of nitrogen functional groups attached to an aromatic ring is 1. The van der Waals surface area contributed by atoms with E-state index in [0.29, 0.717) is 5.65 Å². The van der Waals surface area contributed by atoms with Gasteiger partial charge in [0, 0.05) is 0 Å². The number of H-pyrrole nitrogens is 1. The third-order valence-electron chi connectivity index (χ3n) is 2.99. The highest BCUT2D eigenvalue weighted by Crippen LogP contribution is 2.20. The van der Waals surface area contributed by atoms with Crippen LogP contribution < -0.4 is 11.5 Å². The molecule has 0 spiro atoms. The maximum absolute atomic E-state index is 9.01. The molecule has 3 heterocycles. The Morgan fingerprint density at radius 2 is 2.18 bits per heavy atom. The number of ether oxygens (including phenoxy) is 1.